The monoisotopic (exact) mass is 433 g/mol. The number of benzene rings is 2. The minimum absolute atomic E-state index is 0.131. The van der Waals surface area contributed by atoms with Crippen LogP contribution in [0.2, 0.25) is 0 Å². The van der Waals surface area contributed by atoms with Gasteiger partial charge in [0.2, 0.25) is 0 Å². The lowest BCUT2D eigenvalue weighted by molar-refractivity contribution is 0.398. The van der Waals surface area contributed by atoms with E-state index in [9.17, 15) is 10.2 Å². The summed E-state index contributed by atoms with van der Waals surface area (Å²) < 4.78 is 2.06. The van der Waals surface area contributed by atoms with E-state index in [-0.39, 0.29) is 11.5 Å². The first-order valence-corrected chi connectivity index (χ1v) is 10.5. The van der Waals surface area contributed by atoms with Gasteiger partial charge in [-0.2, -0.15) is 0 Å². The number of aromatic hydroxyl groups is 2. The van der Waals surface area contributed by atoms with Gasteiger partial charge in [0, 0.05) is 17.4 Å². The van der Waals surface area contributed by atoms with Crippen LogP contribution in [0.4, 0.5) is 5.82 Å². The van der Waals surface area contributed by atoms with Gasteiger partial charge in [0.1, 0.15) is 11.3 Å². The van der Waals surface area contributed by atoms with E-state index < -0.39 is 0 Å². The molecule has 4 N–H and O–H groups in total. The topological polar surface area (TPSA) is 110 Å². The van der Waals surface area contributed by atoms with E-state index >= 15 is 0 Å². The zero-order valence-electron chi connectivity index (χ0n) is 17.2. The quantitative estimate of drug-likeness (QED) is 0.224. The molecule has 4 aromatic rings. The fraction of sp³-hybridized carbons (Fsp3) is 0.261. The fourth-order valence-electron chi connectivity index (χ4n) is 3.80. The summed E-state index contributed by atoms with van der Waals surface area (Å²) in [5.74, 6) is 0.947. The highest BCUT2D eigenvalue weighted by Gasteiger charge is 2.19. The molecule has 0 unspecified atom stereocenters. The third-order valence-electron chi connectivity index (χ3n) is 5.35. The molecule has 2 heterocycles. The van der Waals surface area contributed by atoms with Gasteiger partial charge >= 0.3 is 0 Å². The Bertz CT molecular complexity index is 1330. The van der Waals surface area contributed by atoms with Crippen LogP contribution in [-0.2, 0) is 19.5 Å². The Morgan fingerprint density at radius 2 is 2.03 bits per heavy atom. The molecule has 2 aromatic heterocycles. The largest absolute Gasteiger partial charge is 0.504 e. The fourth-order valence-corrected chi connectivity index (χ4v) is 3.86. The lowest BCUT2D eigenvalue weighted by Gasteiger charge is -2.13. The molecule has 4 rings (SSSR count). The van der Waals surface area contributed by atoms with E-state index in [1.54, 1.807) is 12.1 Å². The number of nitrogens with zero attached hydrogens (tertiary/aromatic N) is 4. The second kappa shape index (κ2) is 8.71. The van der Waals surface area contributed by atoms with Gasteiger partial charge in [-0.15, -0.1) is 0 Å². The Balaban J connectivity index is 1.99. The van der Waals surface area contributed by atoms with Crippen molar-refractivity contribution in [2.75, 3.05) is 5.73 Å². The molecule has 0 amide bonds. The molecule has 0 aliphatic rings. The zero-order valence-corrected chi connectivity index (χ0v) is 18.0. The van der Waals surface area contributed by atoms with Crippen molar-refractivity contribution in [2.45, 2.75) is 39.3 Å². The van der Waals surface area contributed by atoms with Crippen LogP contribution in [-0.4, -0.2) is 29.9 Å². The summed E-state index contributed by atoms with van der Waals surface area (Å²) in [6, 6.07) is 10.8. The van der Waals surface area contributed by atoms with Crippen LogP contribution in [0.15, 0.2) is 41.4 Å². The first kappa shape index (κ1) is 20.8. The molecular weight excluding hydrogens is 410 g/mol. The summed E-state index contributed by atoms with van der Waals surface area (Å²) in [5.41, 5.74) is 10.1. The summed E-state index contributed by atoms with van der Waals surface area (Å²) in [6.45, 7) is 2.90. The summed E-state index contributed by atoms with van der Waals surface area (Å²) in [6.07, 6.45) is 2.75. The molecule has 0 aliphatic heterocycles. The van der Waals surface area contributed by atoms with Crippen molar-refractivity contribution in [1.82, 2.24) is 14.5 Å². The number of hydrogen-bond donors (Lipinski definition) is 3. The van der Waals surface area contributed by atoms with Gasteiger partial charge < -0.3 is 20.5 Å². The number of phenols is 2. The number of aryl methyl sites for hydroxylation is 1. The number of anilines is 1. The number of hydrogen-bond acceptors (Lipinski definition) is 7. The van der Waals surface area contributed by atoms with Gasteiger partial charge in [-0.3, -0.25) is 0 Å². The van der Waals surface area contributed by atoms with Gasteiger partial charge in [0.05, 0.1) is 29.3 Å². The highest BCUT2D eigenvalue weighted by Crippen LogP contribution is 2.34. The lowest BCUT2D eigenvalue weighted by atomic mass is 10.1. The van der Waals surface area contributed by atoms with Gasteiger partial charge in [-0.25, -0.2) is 15.0 Å². The molecular formula is C23H23N5O2S. The average Bonchev–Trinajstić information content (AvgIpc) is 3.13. The normalized spacial score (nSPS) is 11.1. The Kier molecular flexibility index (Phi) is 5.84. The smallest absolute Gasteiger partial charge is 0.162 e. The number of aliphatic imine (C=N–C) groups is 1. The predicted molar refractivity (Wildman–Crippen MR) is 126 cm³/mol. The molecule has 0 fully saturated rings. The number of unbranched alkanes of at least 4 members (excludes halogenated alkanes) is 1. The van der Waals surface area contributed by atoms with Crippen LogP contribution in [0.3, 0.4) is 0 Å². The van der Waals surface area contributed by atoms with Crippen molar-refractivity contribution in [3.63, 3.8) is 0 Å². The number of rotatable bonds is 7. The molecule has 8 heteroatoms. The van der Waals surface area contributed by atoms with Crippen LogP contribution >= 0.6 is 12.2 Å². The van der Waals surface area contributed by atoms with Crippen molar-refractivity contribution in [3.05, 3.63) is 53.3 Å². The summed E-state index contributed by atoms with van der Waals surface area (Å²) in [5, 5.41) is 23.6. The second-order valence-electron chi connectivity index (χ2n) is 7.46. The maximum atomic E-state index is 10.4. The molecule has 31 heavy (non-hydrogen) atoms. The number of fused-ring (bicyclic) bond motifs is 3. The Hall–Kier alpha value is -3.48. The minimum Gasteiger partial charge on any atom is -0.504 e. The van der Waals surface area contributed by atoms with E-state index in [4.69, 9.17) is 22.9 Å². The van der Waals surface area contributed by atoms with Gasteiger partial charge in [0.25, 0.3) is 0 Å². The van der Waals surface area contributed by atoms with Gasteiger partial charge in [0.15, 0.2) is 17.3 Å². The minimum atomic E-state index is -0.150. The van der Waals surface area contributed by atoms with Crippen LogP contribution in [0, 0.1) is 0 Å². The lowest BCUT2D eigenvalue weighted by Crippen LogP contribution is -2.06. The third-order valence-corrected chi connectivity index (χ3v) is 5.48. The van der Waals surface area contributed by atoms with Gasteiger partial charge in [-0.05, 0) is 42.4 Å². The number of isothiocyanates is 1. The molecule has 0 spiro atoms. The van der Waals surface area contributed by atoms with Crippen molar-refractivity contribution in [3.8, 4) is 11.5 Å². The highest BCUT2D eigenvalue weighted by atomic mass is 32.1. The summed E-state index contributed by atoms with van der Waals surface area (Å²) in [4.78, 5) is 13.4. The van der Waals surface area contributed by atoms with Gasteiger partial charge in [-0.1, -0.05) is 31.5 Å². The van der Waals surface area contributed by atoms with E-state index in [1.165, 1.54) is 6.07 Å². The number of phenolic OH excluding ortho intramolecular Hbond substituents is 2. The SMILES string of the molecule is CCCCc1nc2c(N)nc3ccc(CN=C=S)cc3c2n1Cc1cccc(O)c1O. The van der Waals surface area contributed by atoms with Crippen molar-refractivity contribution < 1.29 is 10.2 Å². The second-order valence-corrected chi connectivity index (χ2v) is 7.64. The van der Waals surface area contributed by atoms with E-state index in [1.807, 2.05) is 18.2 Å². The molecule has 0 aliphatic carbocycles. The van der Waals surface area contributed by atoms with Crippen LogP contribution in [0.5, 0.6) is 11.5 Å². The zero-order chi connectivity index (χ0) is 22.0. The van der Waals surface area contributed by atoms with Crippen LogP contribution < -0.4 is 5.73 Å². The molecule has 158 valence electrons. The highest BCUT2D eigenvalue weighted by molar-refractivity contribution is 7.78. The maximum Gasteiger partial charge on any atom is 0.162 e. The Morgan fingerprint density at radius 1 is 1.19 bits per heavy atom. The first-order valence-electron chi connectivity index (χ1n) is 10.1. The summed E-state index contributed by atoms with van der Waals surface area (Å²) >= 11 is 4.70. The number of aromatic nitrogens is 3. The van der Waals surface area contributed by atoms with Crippen molar-refractivity contribution in [2.24, 2.45) is 4.99 Å². The van der Waals surface area contributed by atoms with Crippen LogP contribution in [0.1, 0.15) is 36.7 Å². The Labute approximate surface area is 184 Å². The van der Waals surface area contributed by atoms with E-state index in [0.717, 1.165) is 47.1 Å². The van der Waals surface area contributed by atoms with E-state index in [2.05, 4.69) is 26.6 Å². The number of pyridine rings is 1. The molecule has 7 nitrogen and oxygen atoms in total. The van der Waals surface area contributed by atoms with E-state index in [0.29, 0.717) is 30.0 Å². The maximum absolute atomic E-state index is 10.4. The number of nitrogens with two attached hydrogens (primary N) is 1. The Morgan fingerprint density at radius 3 is 2.81 bits per heavy atom. The molecule has 0 bridgehead atoms. The molecule has 0 radical (unpaired) electrons. The molecule has 0 saturated carbocycles. The number of nitrogen functional groups attached to an aromatic ring is 1. The number of imidazole rings is 1. The molecule has 2 aromatic carbocycles. The third kappa shape index (κ3) is 3.95. The molecule has 0 atom stereocenters. The van der Waals surface area contributed by atoms with Crippen molar-refractivity contribution >= 4 is 45.1 Å². The predicted octanol–water partition coefficient (Wildman–Crippen LogP) is 4.57. The average molecular weight is 434 g/mol. The van der Waals surface area contributed by atoms with Crippen molar-refractivity contribution in [1.29, 1.82) is 0 Å². The standard InChI is InChI=1S/C23H23N5O2S/c1-2-3-7-19-27-20-21(28(19)12-15-5-4-6-18(29)22(15)30)16-10-14(11-25-13-31)8-9-17(16)26-23(20)24/h4-6,8-10,29-30H,2-3,7,11-12H2,1H3,(H2,24,26). The summed E-state index contributed by atoms with van der Waals surface area (Å²) in [7, 11) is 0. The first-order chi connectivity index (χ1) is 15.0. The molecule has 0 saturated heterocycles. The number of thiocarbonyl (C=S) groups is 1. The van der Waals surface area contributed by atoms with Crippen LogP contribution in [0.25, 0.3) is 21.9 Å². The number of para-hydroxylation sites is 1.